The van der Waals surface area contributed by atoms with Gasteiger partial charge in [-0.15, -0.1) is 0 Å². The first-order valence-electron chi connectivity index (χ1n) is 8.75. The van der Waals surface area contributed by atoms with Crippen molar-refractivity contribution in [2.45, 2.75) is 20.5 Å². The van der Waals surface area contributed by atoms with E-state index in [1.165, 1.54) is 22.2 Å². The molecule has 7 heteroatoms. The Labute approximate surface area is 183 Å². The lowest BCUT2D eigenvalue weighted by molar-refractivity contribution is -0.121. The summed E-state index contributed by atoms with van der Waals surface area (Å²) in [7, 11) is 1.68. The number of likely N-dealkylation sites (N-methyl/N-ethyl adjacent to an activating group) is 1. The lowest BCUT2D eigenvalue weighted by atomic mass is 10.1. The van der Waals surface area contributed by atoms with Crippen molar-refractivity contribution in [3.05, 3.63) is 62.5 Å². The molecule has 1 amide bonds. The maximum absolute atomic E-state index is 12.3. The van der Waals surface area contributed by atoms with E-state index in [2.05, 4.69) is 35.0 Å². The molecule has 1 heterocycles. The largest absolute Gasteiger partial charge is 0.490 e. The van der Waals surface area contributed by atoms with Gasteiger partial charge in [-0.3, -0.25) is 9.69 Å². The highest BCUT2D eigenvalue weighted by Crippen LogP contribution is 2.39. The Hall–Kier alpha value is -1.83. The van der Waals surface area contributed by atoms with E-state index in [9.17, 15) is 4.79 Å². The van der Waals surface area contributed by atoms with E-state index in [0.29, 0.717) is 33.9 Å². The summed E-state index contributed by atoms with van der Waals surface area (Å²) in [5.41, 5.74) is 3.12. The van der Waals surface area contributed by atoms with Gasteiger partial charge < -0.3 is 9.47 Å². The van der Waals surface area contributed by atoms with Crippen molar-refractivity contribution >= 4 is 56.2 Å². The first-order valence-corrected chi connectivity index (χ1v) is 10.8. The molecule has 1 saturated heterocycles. The first-order chi connectivity index (χ1) is 13.4. The fraction of sp³-hybridized carbons (Fsp3) is 0.238. The Kier molecular flexibility index (Phi) is 6.80. The number of carbonyl (C=O) groups excluding carboxylic acids is 1. The van der Waals surface area contributed by atoms with Gasteiger partial charge in [0.1, 0.15) is 10.9 Å². The quantitative estimate of drug-likeness (QED) is 0.401. The number of rotatable bonds is 6. The van der Waals surface area contributed by atoms with Crippen LogP contribution in [0, 0.1) is 6.92 Å². The van der Waals surface area contributed by atoms with Crippen molar-refractivity contribution in [1.29, 1.82) is 0 Å². The summed E-state index contributed by atoms with van der Waals surface area (Å²) in [6.45, 7) is 4.92. The molecule has 1 aliphatic heterocycles. The molecule has 146 valence electrons. The summed E-state index contributed by atoms with van der Waals surface area (Å²) in [6, 6.07) is 12.0. The lowest BCUT2D eigenvalue weighted by Crippen LogP contribution is -2.22. The van der Waals surface area contributed by atoms with Gasteiger partial charge in [0.25, 0.3) is 5.91 Å². The van der Waals surface area contributed by atoms with Crippen molar-refractivity contribution < 1.29 is 14.3 Å². The number of nitrogens with zero attached hydrogens (tertiary/aromatic N) is 1. The van der Waals surface area contributed by atoms with Gasteiger partial charge in [0.2, 0.25) is 0 Å². The van der Waals surface area contributed by atoms with Crippen LogP contribution in [0.5, 0.6) is 11.5 Å². The number of aryl methyl sites for hydroxylation is 1. The summed E-state index contributed by atoms with van der Waals surface area (Å²) in [5.74, 6) is 1.18. The van der Waals surface area contributed by atoms with E-state index in [1.54, 1.807) is 7.05 Å². The highest BCUT2D eigenvalue weighted by molar-refractivity contribution is 9.10. The van der Waals surface area contributed by atoms with Crippen molar-refractivity contribution in [2.75, 3.05) is 13.7 Å². The van der Waals surface area contributed by atoms with Gasteiger partial charge in [-0.05, 0) is 59.1 Å². The molecule has 0 unspecified atom stereocenters. The zero-order valence-electron chi connectivity index (χ0n) is 15.8. The molecule has 4 nitrogen and oxygen atoms in total. The van der Waals surface area contributed by atoms with Crippen molar-refractivity contribution in [3.8, 4) is 11.5 Å². The number of halogens is 1. The predicted molar refractivity (Wildman–Crippen MR) is 122 cm³/mol. The summed E-state index contributed by atoms with van der Waals surface area (Å²) >= 11 is 10.1. The Morgan fingerprint density at radius 3 is 2.68 bits per heavy atom. The molecule has 1 aliphatic rings. The molecule has 0 spiro atoms. The fourth-order valence-electron chi connectivity index (χ4n) is 2.73. The van der Waals surface area contributed by atoms with Crippen LogP contribution in [0.4, 0.5) is 0 Å². The molecular weight excluding hydrogens is 458 g/mol. The van der Waals surface area contributed by atoms with Gasteiger partial charge in [-0.25, -0.2) is 0 Å². The maximum Gasteiger partial charge on any atom is 0.265 e. The molecule has 0 bridgehead atoms. The Balaban J connectivity index is 1.88. The highest BCUT2D eigenvalue weighted by atomic mass is 79.9. The monoisotopic (exact) mass is 477 g/mol. The van der Waals surface area contributed by atoms with Crippen LogP contribution in [0.2, 0.25) is 0 Å². The zero-order valence-corrected chi connectivity index (χ0v) is 19.0. The molecule has 0 radical (unpaired) electrons. The molecule has 1 fully saturated rings. The van der Waals surface area contributed by atoms with Crippen LogP contribution in [0.15, 0.2) is 45.8 Å². The number of amides is 1. The average molecular weight is 478 g/mol. The van der Waals surface area contributed by atoms with E-state index in [1.807, 2.05) is 37.3 Å². The van der Waals surface area contributed by atoms with Crippen molar-refractivity contribution in [2.24, 2.45) is 0 Å². The molecule has 0 aliphatic carbocycles. The van der Waals surface area contributed by atoms with E-state index >= 15 is 0 Å². The SMILES string of the molecule is CCOc1cc(/C=C2\SC(=S)N(C)C2=O)cc(Br)c1OCc1cccc(C)c1. The minimum Gasteiger partial charge on any atom is -0.490 e. The number of thioether (sulfide) groups is 1. The second-order valence-electron chi connectivity index (χ2n) is 6.28. The summed E-state index contributed by atoms with van der Waals surface area (Å²) < 4.78 is 13.2. The second-order valence-corrected chi connectivity index (χ2v) is 8.81. The van der Waals surface area contributed by atoms with Crippen LogP contribution < -0.4 is 9.47 Å². The maximum atomic E-state index is 12.3. The smallest absolute Gasteiger partial charge is 0.265 e. The zero-order chi connectivity index (χ0) is 20.3. The van der Waals surface area contributed by atoms with Crippen LogP contribution in [0.25, 0.3) is 6.08 Å². The second kappa shape index (κ2) is 9.11. The number of thiocarbonyl (C=S) groups is 1. The Bertz CT molecular complexity index is 959. The third-order valence-corrected chi connectivity index (χ3v) is 6.16. The van der Waals surface area contributed by atoms with E-state index in [4.69, 9.17) is 21.7 Å². The third kappa shape index (κ3) is 4.77. The first kappa shape index (κ1) is 20.9. The fourth-order valence-corrected chi connectivity index (χ4v) is 4.48. The van der Waals surface area contributed by atoms with E-state index in [0.717, 1.165) is 15.6 Å². The molecule has 0 saturated carbocycles. The lowest BCUT2D eigenvalue weighted by Gasteiger charge is -2.15. The Morgan fingerprint density at radius 2 is 2.04 bits per heavy atom. The summed E-state index contributed by atoms with van der Waals surface area (Å²) in [5, 5.41) is 0. The third-order valence-electron chi connectivity index (χ3n) is 4.08. The number of hydrogen-bond acceptors (Lipinski definition) is 5. The standard InChI is InChI=1S/C21H20BrNO3S2/c1-4-25-17-10-15(11-18-20(24)23(3)21(27)28-18)9-16(22)19(17)26-12-14-7-5-6-13(2)8-14/h5-11H,4,12H2,1-3H3/b18-11-. The summed E-state index contributed by atoms with van der Waals surface area (Å²) in [4.78, 5) is 14.3. The number of carbonyl (C=O) groups is 1. The van der Waals surface area contributed by atoms with Crippen LogP contribution in [-0.4, -0.2) is 28.8 Å². The van der Waals surface area contributed by atoms with E-state index < -0.39 is 0 Å². The van der Waals surface area contributed by atoms with Gasteiger partial charge >= 0.3 is 0 Å². The van der Waals surface area contributed by atoms with Crippen LogP contribution in [-0.2, 0) is 11.4 Å². The molecule has 0 atom stereocenters. The molecular formula is C21H20BrNO3S2. The predicted octanol–water partition coefficient (Wildman–Crippen LogP) is 5.57. The summed E-state index contributed by atoms with van der Waals surface area (Å²) in [6.07, 6.45) is 1.82. The minimum atomic E-state index is -0.0937. The van der Waals surface area contributed by atoms with Crippen LogP contribution >= 0.6 is 39.9 Å². The number of hydrogen-bond donors (Lipinski definition) is 0. The average Bonchev–Trinajstić information content (AvgIpc) is 2.88. The number of ether oxygens (including phenoxy) is 2. The minimum absolute atomic E-state index is 0.0937. The van der Waals surface area contributed by atoms with Gasteiger partial charge in [0.05, 0.1) is 16.0 Å². The number of benzene rings is 2. The highest BCUT2D eigenvalue weighted by Gasteiger charge is 2.28. The van der Waals surface area contributed by atoms with Gasteiger partial charge in [0, 0.05) is 7.05 Å². The van der Waals surface area contributed by atoms with Crippen molar-refractivity contribution in [1.82, 2.24) is 4.90 Å². The topological polar surface area (TPSA) is 38.8 Å². The van der Waals surface area contributed by atoms with Crippen LogP contribution in [0.3, 0.4) is 0 Å². The molecule has 3 rings (SSSR count). The molecule has 28 heavy (non-hydrogen) atoms. The van der Waals surface area contributed by atoms with Gasteiger partial charge in [-0.2, -0.15) is 0 Å². The van der Waals surface area contributed by atoms with Crippen LogP contribution in [0.1, 0.15) is 23.6 Å². The van der Waals surface area contributed by atoms with Gasteiger partial charge in [-0.1, -0.05) is 53.8 Å². The van der Waals surface area contributed by atoms with Gasteiger partial charge in [0.15, 0.2) is 11.5 Å². The molecule has 0 N–H and O–H groups in total. The molecule has 0 aromatic heterocycles. The molecule has 2 aromatic carbocycles. The normalized spacial score (nSPS) is 15.4. The Morgan fingerprint density at radius 1 is 1.25 bits per heavy atom. The molecule has 2 aromatic rings. The van der Waals surface area contributed by atoms with Crippen molar-refractivity contribution in [3.63, 3.8) is 0 Å². The van der Waals surface area contributed by atoms with E-state index in [-0.39, 0.29) is 5.91 Å².